The first-order chi connectivity index (χ1) is 15.1. The van der Waals surface area contributed by atoms with E-state index in [9.17, 15) is 4.79 Å². The molecule has 3 N–H and O–H groups in total. The van der Waals surface area contributed by atoms with Crippen LogP contribution < -0.4 is 10.2 Å². The Morgan fingerprint density at radius 3 is 2.68 bits per heavy atom. The maximum Gasteiger partial charge on any atom is 0.307 e. The van der Waals surface area contributed by atoms with Crippen molar-refractivity contribution in [2.75, 3.05) is 18.0 Å². The van der Waals surface area contributed by atoms with E-state index >= 15 is 0 Å². The third kappa shape index (κ3) is 5.06. The van der Waals surface area contributed by atoms with Gasteiger partial charge in [-0.15, -0.1) is 0 Å². The van der Waals surface area contributed by atoms with Crippen molar-refractivity contribution >= 4 is 34.5 Å². The Bertz CT molecular complexity index is 1120. The monoisotopic (exact) mass is 415 g/mol. The van der Waals surface area contributed by atoms with Crippen LogP contribution in [0.4, 0.5) is 5.69 Å². The molecule has 2 aromatic carbocycles. The number of fused-ring (bicyclic) bond motifs is 1. The summed E-state index contributed by atoms with van der Waals surface area (Å²) in [6.07, 6.45) is 6.81. The molecule has 1 aliphatic rings. The molecule has 4 rings (SSSR count). The molecule has 0 atom stereocenters. The Balaban J connectivity index is 1.38. The van der Waals surface area contributed by atoms with Gasteiger partial charge >= 0.3 is 5.97 Å². The maximum atomic E-state index is 11.0. The largest absolute Gasteiger partial charge is 0.481 e. The topological polar surface area (TPSA) is 102 Å². The fraction of sp³-hybridized carbons (Fsp3) is 0.250. The molecule has 158 valence electrons. The number of benzene rings is 2. The van der Waals surface area contributed by atoms with Crippen LogP contribution >= 0.6 is 0 Å². The van der Waals surface area contributed by atoms with Gasteiger partial charge in [-0.2, -0.15) is 0 Å². The number of hydrogen-bond donors (Lipinski definition) is 3. The summed E-state index contributed by atoms with van der Waals surface area (Å²) in [6.45, 7) is 1.77. The molecule has 1 saturated heterocycles. The van der Waals surface area contributed by atoms with Crippen molar-refractivity contribution in [3.05, 3.63) is 72.2 Å². The molecule has 0 unspecified atom stereocenters. The molecule has 0 aliphatic carbocycles. The van der Waals surface area contributed by atoms with E-state index in [1.165, 1.54) is 6.21 Å². The molecule has 2 heterocycles. The second kappa shape index (κ2) is 9.38. The molecule has 1 aromatic heterocycles. The van der Waals surface area contributed by atoms with Gasteiger partial charge in [0.05, 0.1) is 29.3 Å². The number of carboxylic acids is 1. The summed E-state index contributed by atoms with van der Waals surface area (Å²) in [7, 11) is 0. The number of anilines is 1. The van der Waals surface area contributed by atoms with Crippen LogP contribution in [-0.4, -0.2) is 46.4 Å². The van der Waals surface area contributed by atoms with Crippen molar-refractivity contribution in [2.45, 2.75) is 25.3 Å². The number of carbonyl (C=O) groups is 1. The van der Waals surface area contributed by atoms with Crippen molar-refractivity contribution in [1.82, 2.24) is 15.3 Å². The quantitative estimate of drug-likeness (QED) is 0.511. The van der Waals surface area contributed by atoms with E-state index in [-0.39, 0.29) is 6.42 Å². The fourth-order valence-electron chi connectivity index (χ4n) is 3.84. The molecule has 31 heavy (non-hydrogen) atoms. The van der Waals surface area contributed by atoms with E-state index in [2.05, 4.69) is 20.2 Å². The predicted octanol–water partition coefficient (Wildman–Crippen LogP) is 3.51. The smallest absolute Gasteiger partial charge is 0.307 e. The van der Waals surface area contributed by atoms with Gasteiger partial charge in [0.2, 0.25) is 0 Å². The Morgan fingerprint density at radius 1 is 1.16 bits per heavy atom. The van der Waals surface area contributed by atoms with Crippen molar-refractivity contribution < 1.29 is 9.90 Å². The average molecular weight is 415 g/mol. The van der Waals surface area contributed by atoms with Crippen LogP contribution in [0.2, 0.25) is 0 Å². The summed E-state index contributed by atoms with van der Waals surface area (Å²) in [5.74, 6) is -0.815. The first-order valence-corrected chi connectivity index (χ1v) is 10.4. The van der Waals surface area contributed by atoms with Gasteiger partial charge in [0.15, 0.2) is 0 Å². The SMILES string of the molecule is N=C/C(=C\NC1CCN(c2cccc(CC(=O)O)c2)CC1)c1cnc2ccccc2n1. The van der Waals surface area contributed by atoms with Crippen molar-refractivity contribution in [3.63, 3.8) is 0 Å². The highest BCUT2D eigenvalue weighted by Gasteiger charge is 2.19. The molecule has 0 spiro atoms. The lowest BCUT2D eigenvalue weighted by Crippen LogP contribution is -2.41. The molecule has 1 fully saturated rings. The van der Waals surface area contributed by atoms with Crippen LogP contribution in [0.1, 0.15) is 24.1 Å². The van der Waals surface area contributed by atoms with E-state index in [0.717, 1.165) is 48.2 Å². The first kappa shape index (κ1) is 20.5. The zero-order valence-corrected chi connectivity index (χ0v) is 17.2. The predicted molar refractivity (Wildman–Crippen MR) is 122 cm³/mol. The number of aromatic nitrogens is 2. The molecular weight excluding hydrogens is 390 g/mol. The van der Waals surface area contributed by atoms with Gasteiger partial charge in [-0.3, -0.25) is 9.78 Å². The van der Waals surface area contributed by atoms with Gasteiger partial charge in [-0.1, -0.05) is 24.3 Å². The van der Waals surface area contributed by atoms with Crippen LogP contribution in [0.3, 0.4) is 0 Å². The highest BCUT2D eigenvalue weighted by atomic mass is 16.4. The lowest BCUT2D eigenvalue weighted by atomic mass is 10.0. The summed E-state index contributed by atoms with van der Waals surface area (Å²) in [5.41, 5.74) is 4.91. The Kier molecular flexibility index (Phi) is 6.21. The van der Waals surface area contributed by atoms with Gasteiger partial charge in [-0.25, -0.2) is 4.98 Å². The Labute approximate surface area is 181 Å². The lowest BCUT2D eigenvalue weighted by Gasteiger charge is -2.34. The summed E-state index contributed by atoms with van der Waals surface area (Å²) in [6, 6.07) is 15.8. The molecule has 0 radical (unpaired) electrons. The van der Waals surface area contributed by atoms with Gasteiger partial charge in [0.25, 0.3) is 0 Å². The molecule has 7 heteroatoms. The van der Waals surface area contributed by atoms with Crippen LogP contribution in [-0.2, 0) is 11.2 Å². The second-order valence-corrected chi connectivity index (χ2v) is 7.66. The first-order valence-electron chi connectivity index (χ1n) is 10.4. The maximum absolute atomic E-state index is 11.0. The van der Waals surface area contributed by atoms with Crippen LogP contribution in [0.15, 0.2) is 60.9 Å². The number of aliphatic carboxylic acids is 1. The van der Waals surface area contributed by atoms with Gasteiger partial charge in [0, 0.05) is 42.8 Å². The van der Waals surface area contributed by atoms with Gasteiger partial charge < -0.3 is 20.7 Å². The molecule has 1 aliphatic heterocycles. The number of para-hydroxylation sites is 2. The standard InChI is InChI=1S/C24H25N5O2/c25-14-18(23-16-27-21-6-1-2-7-22(21)28-23)15-26-19-8-10-29(11-9-19)20-5-3-4-17(12-20)13-24(30)31/h1-7,12,14-16,19,25-26H,8-11,13H2,(H,30,31)/b18-15+,25-14?. The van der Waals surface area contributed by atoms with E-state index in [4.69, 9.17) is 10.5 Å². The van der Waals surface area contributed by atoms with Crippen LogP contribution in [0.25, 0.3) is 16.6 Å². The van der Waals surface area contributed by atoms with E-state index < -0.39 is 5.97 Å². The number of carboxylic acid groups (broad SMARTS) is 1. The second-order valence-electron chi connectivity index (χ2n) is 7.66. The zero-order valence-electron chi connectivity index (χ0n) is 17.2. The normalized spacial score (nSPS) is 15.1. The number of allylic oxidation sites excluding steroid dienone is 1. The summed E-state index contributed by atoms with van der Waals surface area (Å²) in [4.78, 5) is 22.3. The summed E-state index contributed by atoms with van der Waals surface area (Å²) < 4.78 is 0. The average Bonchev–Trinajstić information content (AvgIpc) is 2.79. The minimum atomic E-state index is -0.815. The number of hydrogen-bond acceptors (Lipinski definition) is 6. The minimum absolute atomic E-state index is 0.0424. The third-order valence-electron chi connectivity index (χ3n) is 5.50. The van der Waals surface area contributed by atoms with E-state index in [1.807, 2.05) is 54.7 Å². The minimum Gasteiger partial charge on any atom is -0.481 e. The van der Waals surface area contributed by atoms with E-state index in [1.54, 1.807) is 6.20 Å². The van der Waals surface area contributed by atoms with Crippen molar-refractivity contribution in [2.24, 2.45) is 0 Å². The number of nitrogens with zero attached hydrogens (tertiary/aromatic N) is 3. The Hall–Kier alpha value is -3.74. The molecule has 0 amide bonds. The summed E-state index contributed by atoms with van der Waals surface area (Å²) in [5, 5.41) is 20.2. The van der Waals surface area contributed by atoms with Crippen LogP contribution in [0.5, 0.6) is 0 Å². The number of piperidine rings is 1. The van der Waals surface area contributed by atoms with E-state index in [0.29, 0.717) is 17.3 Å². The zero-order chi connectivity index (χ0) is 21.6. The summed E-state index contributed by atoms with van der Waals surface area (Å²) >= 11 is 0. The lowest BCUT2D eigenvalue weighted by molar-refractivity contribution is -0.136. The molecule has 3 aromatic rings. The highest BCUT2D eigenvalue weighted by Crippen LogP contribution is 2.22. The molecule has 0 saturated carbocycles. The van der Waals surface area contributed by atoms with Crippen LogP contribution in [0, 0.1) is 5.41 Å². The van der Waals surface area contributed by atoms with Gasteiger partial charge in [0.1, 0.15) is 0 Å². The highest BCUT2D eigenvalue weighted by molar-refractivity contribution is 6.07. The number of rotatable bonds is 7. The molecule has 7 nitrogen and oxygen atoms in total. The Morgan fingerprint density at radius 2 is 1.94 bits per heavy atom. The number of nitrogens with one attached hydrogen (secondary N) is 2. The fourth-order valence-corrected chi connectivity index (χ4v) is 3.84. The van der Waals surface area contributed by atoms with Gasteiger partial charge in [-0.05, 0) is 42.7 Å². The third-order valence-corrected chi connectivity index (χ3v) is 5.50. The molecule has 0 bridgehead atoms. The van der Waals surface area contributed by atoms with Crippen molar-refractivity contribution in [3.8, 4) is 0 Å². The van der Waals surface area contributed by atoms with Crippen molar-refractivity contribution in [1.29, 1.82) is 5.41 Å². The molecular formula is C24H25N5O2.